The number of nitrogens with one attached hydrogen (secondary N) is 1. The van der Waals surface area contributed by atoms with Crippen molar-refractivity contribution in [3.05, 3.63) is 52.9 Å². The van der Waals surface area contributed by atoms with Crippen molar-refractivity contribution in [2.75, 3.05) is 17.7 Å². The third-order valence-electron chi connectivity index (χ3n) is 5.32. The summed E-state index contributed by atoms with van der Waals surface area (Å²) in [6.07, 6.45) is 5.90. The summed E-state index contributed by atoms with van der Waals surface area (Å²) in [5, 5.41) is 22.5. The number of nitriles is 1. The normalized spacial score (nSPS) is 12.6. The van der Waals surface area contributed by atoms with Crippen LogP contribution in [-0.2, 0) is 24.2 Å². The molecule has 0 bridgehead atoms. The Morgan fingerprint density at radius 3 is 2.97 bits per heavy atom. The summed E-state index contributed by atoms with van der Waals surface area (Å²) in [6.45, 7) is 6.83. The van der Waals surface area contributed by atoms with Crippen LogP contribution in [-0.4, -0.2) is 33.0 Å². The molecular formula is C24H25N5O2S2. The molecule has 1 aliphatic carbocycles. The average molecular weight is 480 g/mol. The third-order valence-corrected chi connectivity index (χ3v) is 7.50. The van der Waals surface area contributed by atoms with Crippen molar-refractivity contribution in [3.8, 4) is 23.2 Å². The largest absolute Gasteiger partial charge is 0.493 e. The number of allylic oxidation sites excluding steroid dienone is 1. The van der Waals surface area contributed by atoms with Crippen LogP contribution in [0.4, 0.5) is 5.00 Å². The lowest BCUT2D eigenvalue weighted by atomic mass is 9.96. The number of hydrogen-bond donors (Lipinski definition) is 1. The minimum atomic E-state index is -0.167. The Labute approximate surface area is 201 Å². The SMILES string of the molecule is C=CCn1c(SCC(=O)Nc2sc3c(c2C#N)CCCC3)nnc1-c1ccccc1OCC. The molecule has 0 atom stereocenters. The fourth-order valence-electron chi connectivity index (χ4n) is 3.89. The fraction of sp³-hybridized carbons (Fsp3) is 0.333. The molecule has 33 heavy (non-hydrogen) atoms. The number of ether oxygens (including phenoxy) is 1. The van der Waals surface area contributed by atoms with Gasteiger partial charge in [0.25, 0.3) is 0 Å². The van der Waals surface area contributed by atoms with Crippen molar-refractivity contribution >= 4 is 34.0 Å². The van der Waals surface area contributed by atoms with E-state index >= 15 is 0 Å². The van der Waals surface area contributed by atoms with Crippen molar-refractivity contribution in [2.24, 2.45) is 0 Å². The molecule has 0 radical (unpaired) electrons. The maximum absolute atomic E-state index is 12.7. The van der Waals surface area contributed by atoms with Crippen LogP contribution in [0.15, 0.2) is 42.1 Å². The zero-order chi connectivity index (χ0) is 23.2. The molecule has 4 rings (SSSR count). The topological polar surface area (TPSA) is 92.8 Å². The summed E-state index contributed by atoms with van der Waals surface area (Å²) in [5.41, 5.74) is 2.57. The van der Waals surface area contributed by atoms with Crippen LogP contribution in [0.1, 0.15) is 35.8 Å². The molecule has 0 saturated carbocycles. The van der Waals surface area contributed by atoms with Crippen molar-refractivity contribution in [1.29, 1.82) is 5.26 Å². The quantitative estimate of drug-likeness (QED) is 0.340. The highest BCUT2D eigenvalue weighted by molar-refractivity contribution is 7.99. The van der Waals surface area contributed by atoms with Gasteiger partial charge in [-0.1, -0.05) is 30.0 Å². The number of anilines is 1. The van der Waals surface area contributed by atoms with Crippen LogP contribution in [0, 0.1) is 11.3 Å². The molecule has 3 aromatic rings. The number of benzene rings is 1. The van der Waals surface area contributed by atoms with Gasteiger partial charge in [-0.25, -0.2) is 0 Å². The first-order valence-corrected chi connectivity index (χ1v) is 12.7. The van der Waals surface area contributed by atoms with Gasteiger partial charge in [-0.3, -0.25) is 9.36 Å². The number of amides is 1. The van der Waals surface area contributed by atoms with Gasteiger partial charge in [-0.05, 0) is 50.3 Å². The maximum Gasteiger partial charge on any atom is 0.235 e. The molecule has 170 valence electrons. The Morgan fingerprint density at radius 2 is 2.18 bits per heavy atom. The standard InChI is InChI=1S/C24H25N5O2S2/c1-3-13-29-22(17-10-5-7-11-19(17)31-4-2)27-28-24(29)32-15-21(30)26-23-18(14-25)16-9-6-8-12-20(16)33-23/h3,5,7,10-11H,1,4,6,8-9,12-13,15H2,2H3,(H,26,30). The molecule has 1 aliphatic rings. The minimum absolute atomic E-state index is 0.163. The lowest BCUT2D eigenvalue weighted by Crippen LogP contribution is -2.14. The number of carbonyl (C=O) groups is 1. The number of nitrogens with zero attached hydrogens (tertiary/aromatic N) is 4. The van der Waals surface area contributed by atoms with Gasteiger partial charge >= 0.3 is 0 Å². The summed E-state index contributed by atoms with van der Waals surface area (Å²) >= 11 is 2.84. The second-order valence-electron chi connectivity index (χ2n) is 7.50. The van der Waals surface area contributed by atoms with Gasteiger partial charge in [0.1, 0.15) is 16.8 Å². The number of carbonyl (C=O) groups excluding carboxylic acids is 1. The molecule has 1 aromatic carbocycles. The molecule has 0 aliphatic heterocycles. The molecule has 1 amide bonds. The number of thioether (sulfide) groups is 1. The lowest BCUT2D eigenvalue weighted by Gasteiger charge is -2.11. The zero-order valence-corrected chi connectivity index (χ0v) is 20.1. The van der Waals surface area contributed by atoms with Crippen LogP contribution >= 0.6 is 23.1 Å². The predicted octanol–water partition coefficient (Wildman–Crippen LogP) is 5.07. The summed E-state index contributed by atoms with van der Waals surface area (Å²) in [6, 6.07) is 9.98. The first kappa shape index (κ1) is 23.1. The van der Waals surface area contributed by atoms with Gasteiger partial charge in [0.05, 0.1) is 23.5 Å². The Bertz CT molecular complexity index is 1210. The van der Waals surface area contributed by atoms with E-state index in [-0.39, 0.29) is 11.7 Å². The van der Waals surface area contributed by atoms with Crippen LogP contribution < -0.4 is 10.1 Å². The van der Waals surface area contributed by atoms with Crippen LogP contribution in [0.3, 0.4) is 0 Å². The first-order valence-electron chi connectivity index (χ1n) is 10.9. The maximum atomic E-state index is 12.7. The molecular weight excluding hydrogens is 454 g/mol. The molecule has 9 heteroatoms. The van der Waals surface area contributed by atoms with Crippen molar-refractivity contribution in [2.45, 2.75) is 44.3 Å². The molecule has 2 heterocycles. The summed E-state index contributed by atoms with van der Waals surface area (Å²) < 4.78 is 7.68. The summed E-state index contributed by atoms with van der Waals surface area (Å²) in [7, 11) is 0. The molecule has 0 saturated heterocycles. The van der Waals surface area contributed by atoms with E-state index in [4.69, 9.17) is 4.74 Å². The number of rotatable bonds is 9. The van der Waals surface area contributed by atoms with E-state index in [1.54, 1.807) is 6.08 Å². The van der Waals surface area contributed by atoms with E-state index < -0.39 is 0 Å². The van der Waals surface area contributed by atoms with Gasteiger partial charge in [0, 0.05) is 11.4 Å². The molecule has 7 nitrogen and oxygen atoms in total. The Morgan fingerprint density at radius 1 is 1.36 bits per heavy atom. The van der Waals surface area contributed by atoms with E-state index in [1.807, 2.05) is 35.8 Å². The van der Waals surface area contributed by atoms with E-state index in [9.17, 15) is 10.1 Å². The third kappa shape index (κ3) is 4.97. The van der Waals surface area contributed by atoms with E-state index in [0.717, 1.165) is 42.6 Å². The van der Waals surface area contributed by atoms with E-state index in [1.165, 1.54) is 28.0 Å². The molecule has 0 unspecified atom stereocenters. The number of aromatic nitrogens is 3. The monoisotopic (exact) mass is 479 g/mol. The number of aryl methyl sites for hydroxylation is 1. The Balaban J connectivity index is 1.50. The average Bonchev–Trinajstić information content (AvgIpc) is 3.39. The predicted molar refractivity (Wildman–Crippen MR) is 132 cm³/mol. The highest BCUT2D eigenvalue weighted by Crippen LogP contribution is 2.38. The van der Waals surface area contributed by atoms with Gasteiger partial charge in [0.15, 0.2) is 11.0 Å². The number of fused-ring (bicyclic) bond motifs is 1. The molecule has 0 fully saturated rings. The highest BCUT2D eigenvalue weighted by atomic mass is 32.2. The van der Waals surface area contributed by atoms with Gasteiger partial charge < -0.3 is 10.1 Å². The summed E-state index contributed by atoms with van der Waals surface area (Å²) in [4.78, 5) is 13.9. The van der Waals surface area contributed by atoms with Crippen LogP contribution in [0.25, 0.3) is 11.4 Å². The van der Waals surface area contributed by atoms with Gasteiger partial charge in [-0.15, -0.1) is 28.1 Å². The van der Waals surface area contributed by atoms with Gasteiger partial charge in [0.2, 0.25) is 5.91 Å². The van der Waals surface area contributed by atoms with Crippen molar-refractivity contribution < 1.29 is 9.53 Å². The second kappa shape index (κ2) is 10.7. The minimum Gasteiger partial charge on any atom is -0.493 e. The molecule has 1 N–H and O–H groups in total. The fourth-order valence-corrected chi connectivity index (χ4v) is 5.89. The van der Waals surface area contributed by atoms with Gasteiger partial charge in [-0.2, -0.15) is 5.26 Å². The molecule has 2 aromatic heterocycles. The van der Waals surface area contributed by atoms with E-state index in [2.05, 4.69) is 28.2 Å². The smallest absolute Gasteiger partial charge is 0.235 e. The number of para-hydroxylation sites is 1. The Hall–Kier alpha value is -3.09. The van der Waals surface area contributed by atoms with Crippen molar-refractivity contribution in [3.63, 3.8) is 0 Å². The molecule has 0 spiro atoms. The highest BCUT2D eigenvalue weighted by Gasteiger charge is 2.22. The first-order chi connectivity index (χ1) is 16.2. The summed E-state index contributed by atoms with van der Waals surface area (Å²) in [5.74, 6) is 1.40. The van der Waals surface area contributed by atoms with Crippen LogP contribution in [0.2, 0.25) is 0 Å². The van der Waals surface area contributed by atoms with Crippen molar-refractivity contribution in [1.82, 2.24) is 14.8 Å². The number of thiophene rings is 1. The zero-order valence-electron chi connectivity index (χ0n) is 18.5. The van der Waals surface area contributed by atoms with Crippen LogP contribution in [0.5, 0.6) is 5.75 Å². The second-order valence-corrected chi connectivity index (χ2v) is 9.55. The number of hydrogen-bond acceptors (Lipinski definition) is 7. The van der Waals surface area contributed by atoms with E-state index in [0.29, 0.717) is 34.7 Å². The lowest BCUT2D eigenvalue weighted by molar-refractivity contribution is -0.113. The Kier molecular flexibility index (Phi) is 7.47.